The van der Waals surface area contributed by atoms with Crippen LogP contribution in [0.25, 0.3) is 88.7 Å². The highest BCUT2D eigenvalue weighted by Gasteiger charge is 2.51. The van der Waals surface area contributed by atoms with Gasteiger partial charge in [-0.3, -0.25) is 0 Å². The van der Waals surface area contributed by atoms with E-state index >= 15 is 0 Å². The summed E-state index contributed by atoms with van der Waals surface area (Å²) in [6.45, 7) is 0. The fraction of sp³-hybridized carbons (Fsp3) is 0.0149. The van der Waals surface area contributed by atoms with Gasteiger partial charge in [-0.05, 0) is 109 Å². The zero-order chi connectivity index (χ0) is 45.5. The Balaban J connectivity index is 1.16. The Morgan fingerprint density at radius 1 is 0.290 bits per heavy atom. The van der Waals surface area contributed by atoms with E-state index in [2.05, 4.69) is 266 Å². The molecule has 1 spiro atoms. The van der Waals surface area contributed by atoms with E-state index in [1.165, 1.54) is 66.8 Å². The molecule has 0 saturated carbocycles. The molecule has 1 aromatic heterocycles. The van der Waals surface area contributed by atoms with E-state index in [9.17, 15) is 0 Å². The summed E-state index contributed by atoms with van der Waals surface area (Å²) in [5, 5.41) is 2.22. The van der Waals surface area contributed by atoms with Crippen LogP contribution < -0.4 is 4.90 Å². The van der Waals surface area contributed by atoms with E-state index in [1.54, 1.807) is 0 Å². The lowest BCUT2D eigenvalue weighted by molar-refractivity contribution is 0.670. The zero-order valence-corrected chi connectivity index (χ0v) is 37.7. The van der Waals surface area contributed by atoms with Crippen LogP contribution in [0.15, 0.2) is 265 Å². The van der Waals surface area contributed by atoms with Crippen molar-refractivity contribution in [3.8, 4) is 66.8 Å². The molecule has 322 valence electrons. The third-order valence-electron chi connectivity index (χ3n) is 14.7. The highest BCUT2D eigenvalue weighted by Crippen LogP contribution is 2.64. The van der Waals surface area contributed by atoms with Gasteiger partial charge in [-0.25, -0.2) is 0 Å². The molecular weight excluding hydrogens is 835 g/mol. The van der Waals surface area contributed by atoms with E-state index in [0.717, 1.165) is 61.3 Å². The van der Waals surface area contributed by atoms with Gasteiger partial charge in [0, 0.05) is 33.2 Å². The third kappa shape index (κ3) is 5.86. The average molecular weight is 878 g/mol. The van der Waals surface area contributed by atoms with E-state index in [-0.39, 0.29) is 0 Å². The normalized spacial score (nSPS) is 12.8. The molecule has 0 atom stereocenters. The van der Waals surface area contributed by atoms with Gasteiger partial charge in [-0.1, -0.05) is 224 Å². The van der Waals surface area contributed by atoms with E-state index in [0.29, 0.717) is 0 Å². The highest BCUT2D eigenvalue weighted by atomic mass is 16.3. The van der Waals surface area contributed by atoms with Gasteiger partial charge >= 0.3 is 0 Å². The maximum atomic E-state index is 6.92. The highest BCUT2D eigenvalue weighted by molar-refractivity contribution is 6.11. The Morgan fingerprint density at radius 3 is 1.46 bits per heavy atom. The van der Waals surface area contributed by atoms with Crippen molar-refractivity contribution in [2.75, 3.05) is 4.90 Å². The van der Waals surface area contributed by atoms with Gasteiger partial charge in [0.15, 0.2) is 0 Å². The number of rotatable bonds is 6. The van der Waals surface area contributed by atoms with Gasteiger partial charge in [-0.15, -0.1) is 0 Å². The second-order valence-corrected chi connectivity index (χ2v) is 18.3. The maximum absolute atomic E-state index is 6.92. The minimum atomic E-state index is -0.716. The van der Waals surface area contributed by atoms with Crippen molar-refractivity contribution in [2.45, 2.75) is 5.41 Å². The predicted octanol–water partition coefficient (Wildman–Crippen LogP) is 18.1. The lowest BCUT2D eigenvalue weighted by Gasteiger charge is -2.36. The fourth-order valence-corrected chi connectivity index (χ4v) is 11.8. The Hall–Kier alpha value is -8.98. The Morgan fingerprint density at radius 2 is 0.783 bits per heavy atom. The number of benzene rings is 11. The first-order chi connectivity index (χ1) is 34.3. The summed E-state index contributed by atoms with van der Waals surface area (Å²) in [5.74, 6) is 0. The first-order valence-electron chi connectivity index (χ1n) is 23.8. The Kier molecular flexibility index (Phi) is 8.84. The summed E-state index contributed by atoms with van der Waals surface area (Å²) < 4.78 is 6.92. The maximum Gasteiger partial charge on any atom is 0.143 e. The molecule has 0 aliphatic heterocycles. The molecule has 2 heteroatoms. The average Bonchev–Trinajstić information content (AvgIpc) is 3.92. The monoisotopic (exact) mass is 877 g/mol. The quantitative estimate of drug-likeness (QED) is 0.165. The van der Waals surface area contributed by atoms with Crippen molar-refractivity contribution >= 4 is 39.0 Å². The lowest BCUT2D eigenvalue weighted by atomic mass is 9.65. The molecule has 0 radical (unpaired) electrons. The molecule has 0 N–H and O–H groups in total. The van der Waals surface area contributed by atoms with Gasteiger partial charge < -0.3 is 9.32 Å². The predicted molar refractivity (Wildman–Crippen MR) is 286 cm³/mol. The Bertz CT molecular complexity index is 3890. The number of para-hydroxylation sites is 3. The van der Waals surface area contributed by atoms with E-state index in [1.807, 2.05) is 0 Å². The molecule has 0 fully saturated rings. The standard InChI is InChI=1S/C67H43NO/c1-3-20-44(21-4-1)45-38-40-48(41-39-45)68(62-36-17-12-24-49(62)46-22-5-2-6-23-46)63-43-47(50-31-19-32-56-55-29-13-18-37-64(55)69-66(50)56)42-61-65(63)57-30-11-16-35-60(57)67(61)58-33-14-9-27-53(58)51-25-7-8-26-52(51)54-28-10-15-34-59(54)67/h1-43H. The number of hydrogen-bond donors (Lipinski definition) is 0. The van der Waals surface area contributed by atoms with Crippen molar-refractivity contribution in [1.29, 1.82) is 0 Å². The summed E-state index contributed by atoms with van der Waals surface area (Å²) in [4.78, 5) is 2.53. The van der Waals surface area contributed by atoms with Crippen LogP contribution in [0.5, 0.6) is 0 Å². The minimum absolute atomic E-state index is 0.716. The van der Waals surface area contributed by atoms with E-state index in [4.69, 9.17) is 4.42 Å². The van der Waals surface area contributed by atoms with Gasteiger partial charge in [0.1, 0.15) is 11.2 Å². The molecule has 2 aliphatic carbocycles. The molecule has 2 nitrogen and oxygen atoms in total. The molecule has 1 heterocycles. The number of furan rings is 1. The molecule has 0 amide bonds. The second-order valence-electron chi connectivity index (χ2n) is 18.3. The number of fused-ring (bicyclic) bond motifs is 15. The topological polar surface area (TPSA) is 16.4 Å². The van der Waals surface area contributed by atoms with Gasteiger partial charge in [0.05, 0.1) is 16.8 Å². The summed E-state index contributed by atoms with van der Waals surface area (Å²) in [6.07, 6.45) is 0. The molecule has 14 rings (SSSR count). The third-order valence-corrected chi connectivity index (χ3v) is 14.7. The zero-order valence-electron chi connectivity index (χ0n) is 37.7. The fourth-order valence-electron chi connectivity index (χ4n) is 11.8. The largest absolute Gasteiger partial charge is 0.455 e. The first-order valence-corrected chi connectivity index (χ1v) is 23.8. The van der Waals surface area contributed by atoms with Crippen LogP contribution in [0.4, 0.5) is 17.1 Å². The van der Waals surface area contributed by atoms with Crippen LogP contribution in [0, 0.1) is 0 Å². The molecule has 0 bridgehead atoms. The summed E-state index contributed by atoms with van der Waals surface area (Å²) in [7, 11) is 0. The van der Waals surface area contributed by atoms with Gasteiger partial charge in [0.25, 0.3) is 0 Å². The molecule has 12 aromatic rings. The molecule has 11 aromatic carbocycles. The minimum Gasteiger partial charge on any atom is -0.455 e. The van der Waals surface area contributed by atoms with Crippen molar-refractivity contribution in [1.82, 2.24) is 0 Å². The first kappa shape index (κ1) is 39.2. The number of nitrogens with zero attached hydrogens (tertiary/aromatic N) is 1. The van der Waals surface area contributed by atoms with Crippen LogP contribution in [-0.2, 0) is 5.41 Å². The molecule has 0 saturated heterocycles. The number of hydrogen-bond acceptors (Lipinski definition) is 2. The van der Waals surface area contributed by atoms with Crippen LogP contribution in [0.3, 0.4) is 0 Å². The van der Waals surface area contributed by atoms with Crippen molar-refractivity contribution in [2.24, 2.45) is 0 Å². The molecule has 69 heavy (non-hydrogen) atoms. The van der Waals surface area contributed by atoms with Crippen LogP contribution in [0.1, 0.15) is 22.3 Å². The van der Waals surface area contributed by atoms with E-state index < -0.39 is 5.41 Å². The lowest BCUT2D eigenvalue weighted by Crippen LogP contribution is -2.29. The van der Waals surface area contributed by atoms with Crippen molar-refractivity contribution in [3.63, 3.8) is 0 Å². The van der Waals surface area contributed by atoms with Crippen LogP contribution in [0.2, 0.25) is 0 Å². The summed E-state index contributed by atoms with van der Waals surface area (Å²) in [6, 6.07) is 95.9. The second kappa shape index (κ2) is 15.6. The smallest absolute Gasteiger partial charge is 0.143 e. The van der Waals surface area contributed by atoms with Crippen molar-refractivity contribution < 1.29 is 4.42 Å². The Labute approximate surface area is 401 Å². The SMILES string of the molecule is c1ccc(-c2ccc(N(c3ccccc3-c3ccccc3)c3cc(-c4cccc5c4oc4ccccc45)cc4c3-c3ccccc3C43c4ccccc4-c4ccccc4-c4ccccc43)cc2)cc1. The van der Waals surface area contributed by atoms with Crippen LogP contribution in [-0.4, -0.2) is 0 Å². The molecule has 2 aliphatic rings. The summed E-state index contributed by atoms with van der Waals surface area (Å²) in [5.41, 5.74) is 23.5. The molecule has 0 unspecified atom stereocenters. The number of anilines is 3. The van der Waals surface area contributed by atoms with Gasteiger partial charge in [-0.2, -0.15) is 0 Å². The van der Waals surface area contributed by atoms with Crippen LogP contribution >= 0.6 is 0 Å². The molecular formula is C67H43NO. The summed E-state index contributed by atoms with van der Waals surface area (Å²) >= 11 is 0. The van der Waals surface area contributed by atoms with Gasteiger partial charge in [0.2, 0.25) is 0 Å². The van der Waals surface area contributed by atoms with Crippen molar-refractivity contribution in [3.05, 3.63) is 283 Å².